The van der Waals surface area contributed by atoms with Crippen molar-refractivity contribution in [1.82, 2.24) is 15.1 Å². The van der Waals surface area contributed by atoms with Gasteiger partial charge >= 0.3 is 5.97 Å². The van der Waals surface area contributed by atoms with Crippen molar-refractivity contribution in [3.8, 4) is 0 Å². The minimum absolute atomic E-state index is 0.286. The van der Waals surface area contributed by atoms with Crippen LogP contribution in [0.25, 0.3) is 0 Å². The molecule has 4 atom stereocenters. The van der Waals surface area contributed by atoms with E-state index in [1.54, 1.807) is 0 Å². The molecule has 1 amide bonds. The minimum Gasteiger partial charge on any atom is -0.480 e. The van der Waals surface area contributed by atoms with E-state index in [1.807, 2.05) is 0 Å². The Morgan fingerprint density at radius 3 is 2.70 bits per heavy atom. The number of carbonyl (C=O) groups excluding carboxylic acids is 1. The van der Waals surface area contributed by atoms with Crippen LogP contribution in [0, 0.1) is 23.2 Å². The lowest BCUT2D eigenvalue weighted by Gasteiger charge is -2.62. The van der Waals surface area contributed by atoms with E-state index in [4.69, 9.17) is 5.11 Å². The zero-order valence-corrected chi connectivity index (χ0v) is 17.2. The Labute approximate surface area is 165 Å². The number of carboxylic acid groups (broad SMARTS) is 1. The van der Waals surface area contributed by atoms with Gasteiger partial charge in [0.15, 0.2) is 0 Å². The first-order valence-electron chi connectivity index (χ1n) is 9.12. The fraction of sp³-hybridized carbons (Fsp3) is 0.667. The lowest BCUT2D eigenvalue weighted by molar-refractivity contribution is -0.138. The maximum Gasteiger partial charge on any atom is 0.322 e. The fourth-order valence-corrected chi connectivity index (χ4v) is 5.01. The van der Waals surface area contributed by atoms with E-state index < -0.39 is 24.0 Å². The van der Waals surface area contributed by atoms with Crippen molar-refractivity contribution >= 4 is 33.5 Å². The number of aromatic nitrogens is 2. The Morgan fingerprint density at radius 2 is 2.11 bits per heavy atom. The van der Waals surface area contributed by atoms with Gasteiger partial charge in [-0.3, -0.25) is 14.4 Å². The van der Waals surface area contributed by atoms with Crippen molar-refractivity contribution in [2.24, 2.45) is 23.2 Å². The second kappa shape index (κ2) is 7.26. The number of nitrogens with one attached hydrogen (secondary N) is 2. The summed E-state index contributed by atoms with van der Waals surface area (Å²) in [5.41, 5.74) is 0.581. The van der Waals surface area contributed by atoms with Gasteiger partial charge < -0.3 is 15.7 Å². The van der Waals surface area contributed by atoms with Crippen LogP contribution in [0.5, 0.6) is 0 Å². The number of rotatable bonds is 6. The molecular weight excluding hydrogens is 416 g/mol. The van der Waals surface area contributed by atoms with Crippen LogP contribution < -0.4 is 16.2 Å². The zero-order valence-electron chi connectivity index (χ0n) is 15.7. The molecule has 8 nitrogen and oxygen atoms in total. The number of aliphatic carboxylic acids is 1. The number of anilines is 1. The minimum atomic E-state index is -1.15. The van der Waals surface area contributed by atoms with Gasteiger partial charge in [0.05, 0.1) is 11.9 Å². The molecule has 0 unspecified atom stereocenters. The summed E-state index contributed by atoms with van der Waals surface area (Å²) in [6, 6.07) is 0.286. The van der Waals surface area contributed by atoms with Gasteiger partial charge in [-0.1, -0.05) is 20.8 Å². The molecule has 0 aromatic carbocycles. The van der Waals surface area contributed by atoms with Crippen LogP contribution in [0.1, 0.15) is 33.6 Å². The van der Waals surface area contributed by atoms with Crippen LogP contribution in [0.3, 0.4) is 0 Å². The summed E-state index contributed by atoms with van der Waals surface area (Å²) in [6.07, 6.45) is 3.88. The number of carboxylic acids is 1. The van der Waals surface area contributed by atoms with E-state index in [-0.39, 0.29) is 12.6 Å². The zero-order chi connectivity index (χ0) is 19.9. The third kappa shape index (κ3) is 3.74. The first-order valence-corrected chi connectivity index (χ1v) is 9.91. The second-order valence-corrected chi connectivity index (χ2v) is 9.00. The molecule has 3 saturated carbocycles. The molecule has 9 heteroatoms. The summed E-state index contributed by atoms with van der Waals surface area (Å²) in [6.45, 7) is 6.11. The van der Waals surface area contributed by atoms with Crippen molar-refractivity contribution < 1.29 is 14.7 Å². The summed E-state index contributed by atoms with van der Waals surface area (Å²) in [4.78, 5) is 34.7. The Balaban J connectivity index is 1.68. The molecule has 0 spiro atoms. The number of hydrogen-bond donors (Lipinski definition) is 3. The van der Waals surface area contributed by atoms with Crippen LogP contribution in [-0.2, 0) is 16.1 Å². The van der Waals surface area contributed by atoms with E-state index in [0.29, 0.717) is 33.3 Å². The number of amides is 1. The van der Waals surface area contributed by atoms with Gasteiger partial charge in [0.25, 0.3) is 5.56 Å². The van der Waals surface area contributed by atoms with Crippen molar-refractivity contribution in [1.29, 1.82) is 0 Å². The molecule has 3 fully saturated rings. The Morgan fingerprint density at radius 1 is 1.41 bits per heavy atom. The van der Waals surface area contributed by atoms with Crippen LogP contribution in [0.2, 0.25) is 0 Å². The molecule has 0 saturated heterocycles. The standard InChI is InChI=1S/C18H25BrN4O4/c1-9-11-4-10(18(11,2)3)5-12(9)22-13-6-21-23(17(27)16(13)19)8-14(24)20-7-15(25)26/h6,9-12,22H,4-5,7-8H2,1-3H3,(H,20,24)(H,25,26)/t9-,10+,11+,12+/m0/s1. The topological polar surface area (TPSA) is 113 Å². The average Bonchev–Trinajstić information content (AvgIpc) is 2.60. The van der Waals surface area contributed by atoms with Gasteiger partial charge in [0.1, 0.15) is 17.6 Å². The Kier molecular flexibility index (Phi) is 5.33. The summed E-state index contributed by atoms with van der Waals surface area (Å²) < 4.78 is 1.34. The van der Waals surface area contributed by atoms with Gasteiger partial charge in [-0.15, -0.1) is 0 Å². The highest BCUT2D eigenvalue weighted by molar-refractivity contribution is 9.10. The highest BCUT2D eigenvalue weighted by Gasteiger charge is 2.56. The molecule has 2 bridgehead atoms. The maximum absolute atomic E-state index is 12.5. The number of halogens is 1. The lowest BCUT2D eigenvalue weighted by atomic mass is 9.45. The van der Waals surface area contributed by atoms with Gasteiger partial charge in [-0.25, -0.2) is 4.68 Å². The van der Waals surface area contributed by atoms with Crippen LogP contribution >= 0.6 is 15.9 Å². The molecule has 0 radical (unpaired) electrons. The average molecular weight is 441 g/mol. The van der Waals surface area contributed by atoms with Gasteiger partial charge in [0, 0.05) is 6.04 Å². The predicted octanol–water partition coefficient (Wildman–Crippen LogP) is 1.69. The summed E-state index contributed by atoms with van der Waals surface area (Å²) in [5, 5.41) is 18.3. The third-order valence-electron chi connectivity index (χ3n) is 6.41. The van der Waals surface area contributed by atoms with Crippen LogP contribution in [0.15, 0.2) is 15.5 Å². The molecule has 1 heterocycles. The van der Waals surface area contributed by atoms with Crippen LogP contribution in [-0.4, -0.2) is 39.4 Å². The molecule has 3 aliphatic rings. The van der Waals surface area contributed by atoms with E-state index in [9.17, 15) is 14.4 Å². The quantitative estimate of drug-likeness (QED) is 0.619. The van der Waals surface area contributed by atoms with Gasteiger partial charge in [-0.2, -0.15) is 5.10 Å². The molecule has 0 aliphatic heterocycles. The molecule has 1 aromatic heterocycles. The van der Waals surface area contributed by atoms with Crippen molar-refractivity contribution in [2.45, 2.75) is 46.2 Å². The Hall–Kier alpha value is -1.90. The second-order valence-electron chi connectivity index (χ2n) is 8.21. The van der Waals surface area contributed by atoms with E-state index in [0.717, 1.165) is 11.1 Å². The molecule has 1 aromatic rings. The number of hydrogen-bond acceptors (Lipinski definition) is 5. The molecule has 3 N–H and O–H groups in total. The number of carbonyl (C=O) groups is 2. The van der Waals surface area contributed by atoms with Crippen molar-refractivity contribution in [3.63, 3.8) is 0 Å². The normalized spacial score (nSPS) is 28.1. The molecule has 3 aliphatic carbocycles. The summed E-state index contributed by atoms with van der Waals surface area (Å²) in [5.74, 6) is 0.149. The number of nitrogens with zero attached hydrogens (tertiary/aromatic N) is 2. The first kappa shape index (κ1) is 19.9. The lowest BCUT2D eigenvalue weighted by Crippen LogP contribution is -2.58. The fourth-order valence-electron chi connectivity index (χ4n) is 4.58. The molecule has 148 valence electrons. The summed E-state index contributed by atoms with van der Waals surface area (Å²) >= 11 is 3.32. The Bertz CT molecular complexity index is 822. The molecular formula is C18H25BrN4O4. The largest absolute Gasteiger partial charge is 0.480 e. The summed E-state index contributed by atoms with van der Waals surface area (Å²) in [7, 11) is 0. The highest BCUT2D eigenvalue weighted by Crippen LogP contribution is 2.61. The molecule has 27 heavy (non-hydrogen) atoms. The van der Waals surface area contributed by atoms with Crippen molar-refractivity contribution in [3.05, 3.63) is 21.0 Å². The van der Waals surface area contributed by atoms with Crippen molar-refractivity contribution in [2.75, 3.05) is 11.9 Å². The van der Waals surface area contributed by atoms with E-state index in [1.165, 1.54) is 12.6 Å². The van der Waals surface area contributed by atoms with Gasteiger partial charge in [0.2, 0.25) is 5.91 Å². The van der Waals surface area contributed by atoms with E-state index in [2.05, 4.69) is 52.4 Å². The third-order valence-corrected chi connectivity index (χ3v) is 7.18. The SMILES string of the molecule is C[C@H]1[C@H]2C[C@H](C[C@H]1Nc1cnn(CC(=O)NCC(=O)O)c(=O)c1Br)C2(C)C. The number of fused-ring (bicyclic) bond motifs is 2. The smallest absolute Gasteiger partial charge is 0.322 e. The first-order chi connectivity index (χ1) is 12.6. The monoisotopic (exact) mass is 440 g/mol. The maximum atomic E-state index is 12.5. The molecule has 4 rings (SSSR count). The highest BCUT2D eigenvalue weighted by atomic mass is 79.9. The van der Waals surface area contributed by atoms with E-state index >= 15 is 0 Å². The predicted molar refractivity (Wildman–Crippen MR) is 103 cm³/mol. The van der Waals surface area contributed by atoms with Crippen LogP contribution in [0.4, 0.5) is 5.69 Å². The van der Waals surface area contributed by atoms with Gasteiger partial charge in [-0.05, 0) is 51.9 Å².